The van der Waals surface area contributed by atoms with Crippen molar-refractivity contribution in [3.05, 3.63) is 0 Å². The first-order valence-electron chi connectivity index (χ1n) is 3.77. The van der Waals surface area contributed by atoms with Crippen LogP contribution in [0.25, 0.3) is 0 Å². The van der Waals surface area contributed by atoms with Gasteiger partial charge in [0.1, 0.15) is 24.4 Å². The number of aliphatic hydroxyl groups is 5. The van der Waals surface area contributed by atoms with Gasteiger partial charge in [-0.15, -0.1) is 0 Å². The molecule has 5 N–H and O–H groups in total. The van der Waals surface area contributed by atoms with E-state index in [9.17, 15) is 4.79 Å². The molecule has 0 bridgehead atoms. The molecule has 6 nitrogen and oxygen atoms in total. The average molecular weight is 181 g/mol. The molecule has 6 heteroatoms. The van der Waals surface area contributed by atoms with E-state index >= 15 is 0 Å². The van der Waals surface area contributed by atoms with Crippen LogP contribution in [0.3, 0.4) is 0 Å². The maximum atomic E-state index is 9.93. The number of hydrogen-bond acceptors (Lipinski definition) is 6. The second-order valence-corrected chi connectivity index (χ2v) is 2.25. The Morgan fingerprint density at radius 3 is 2.08 bits per heavy atom. The molecule has 5 atom stereocenters. The first-order chi connectivity index (χ1) is 5.91. The lowest BCUT2D eigenvalue weighted by molar-refractivity contribution is -0.136. The zero-order chi connectivity index (χ0) is 10.6. The lowest BCUT2D eigenvalue weighted by atomic mass is 10.0. The Morgan fingerprint density at radius 2 is 1.75 bits per heavy atom. The molecule has 0 rings (SSSR count). The Bertz CT molecular complexity index is 163. The van der Waals surface area contributed by atoms with E-state index in [1.807, 2.05) is 0 Å². The van der Waals surface area contributed by atoms with Crippen molar-refractivity contribution >= 4 is 6.29 Å². The summed E-state index contributed by atoms with van der Waals surface area (Å²) < 4.78 is 6.57. The zero-order valence-electron chi connectivity index (χ0n) is 7.11. The van der Waals surface area contributed by atoms with Gasteiger partial charge in [0.05, 0.1) is 7.95 Å². The fourth-order valence-corrected chi connectivity index (χ4v) is 0.573. The molecule has 0 aromatic rings. The van der Waals surface area contributed by atoms with E-state index in [1.54, 1.807) is 0 Å². The van der Waals surface area contributed by atoms with Gasteiger partial charge in [0, 0.05) is 0 Å². The fraction of sp³-hybridized carbons (Fsp3) is 0.833. The highest BCUT2D eigenvalue weighted by Gasteiger charge is 2.29. The second-order valence-electron chi connectivity index (χ2n) is 2.25. The largest absolute Gasteiger partial charge is 0.394 e. The summed E-state index contributed by atoms with van der Waals surface area (Å²) in [6, 6.07) is 0. The summed E-state index contributed by atoms with van der Waals surface area (Å²) in [5.41, 5.74) is 0. The van der Waals surface area contributed by atoms with Crippen LogP contribution < -0.4 is 0 Å². The number of aldehydes is 1. The van der Waals surface area contributed by atoms with Gasteiger partial charge in [-0.3, -0.25) is 0 Å². The monoisotopic (exact) mass is 181 g/mol. The summed E-state index contributed by atoms with van der Waals surface area (Å²) in [7, 11) is 0. The zero-order valence-corrected chi connectivity index (χ0v) is 6.11. The topological polar surface area (TPSA) is 118 Å². The Morgan fingerprint density at radius 1 is 1.25 bits per heavy atom. The predicted molar refractivity (Wildman–Crippen MR) is 37.2 cm³/mol. The summed E-state index contributed by atoms with van der Waals surface area (Å²) in [5, 5.41) is 43.9. The first-order valence-corrected chi connectivity index (χ1v) is 3.19. The van der Waals surface area contributed by atoms with Crippen LogP contribution in [-0.2, 0) is 4.79 Å². The van der Waals surface area contributed by atoms with E-state index < -0.39 is 31.0 Å². The highest BCUT2D eigenvalue weighted by Crippen LogP contribution is 2.02. The van der Waals surface area contributed by atoms with E-state index in [0.29, 0.717) is 0 Å². The number of hydrogen-bond donors (Lipinski definition) is 5. The number of rotatable bonds is 5. The summed E-state index contributed by atoms with van der Waals surface area (Å²) in [5.74, 6) is 0. The number of carbonyl (C=O) groups is 1. The summed E-state index contributed by atoms with van der Waals surface area (Å²) in [6.45, 7) is -2.01. The molecular weight excluding hydrogens is 168 g/mol. The molecule has 0 aromatic heterocycles. The van der Waals surface area contributed by atoms with Crippen molar-refractivity contribution in [2.45, 2.75) is 24.4 Å². The fourth-order valence-electron chi connectivity index (χ4n) is 0.573. The molecule has 0 aliphatic heterocycles. The minimum absolute atomic E-state index is 0.0308. The molecule has 0 amide bonds. The quantitative estimate of drug-likeness (QED) is 0.282. The van der Waals surface area contributed by atoms with Gasteiger partial charge in [-0.05, 0) is 0 Å². The second kappa shape index (κ2) is 5.18. The molecule has 0 aliphatic rings. The third-order valence-electron chi connectivity index (χ3n) is 1.34. The van der Waals surface area contributed by atoms with E-state index in [2.05, 4.69) is 0 Å². The van der Waals surface area contributed by atoms with Crippen molar-refractivity contribution < 1.29 is 31.7 Å². The van der Waals surface area contributed by atoms with E-state index in [4.69, 9.17) is 26.9 Å². The smallest absolute Gasteiger partial charge is 0.151 e. The highest BCUT2D eigenvalue weighted by molar-refractivity contribution is 5.56. The van der Waals surface area contributed by atoms with Crippen molar-refractivity contribution in [3.63, 3.8) is 0 Å². The van der Waals surface area contributed by atoms with Crippen molar-refractivity contribution in [1.29, 1.82) is 0 Å². The maximum absolute atomic E-state index is 9.93. The molecule has 0 saturated carbocycles. The van der Waals surface area contributed by atoms with Gasteiger partial charge >= 0.3 is 0 Å². The number of aliphatic hydroxyl groups excluding tert-OH is 5. The third kappa shape index (κ3) is 2.84. The molecule has 0 radical (unpaired) electrons. The molecule has 0 spiro atoms. The average Bonchev–Trinajstić information content (AvgIpc) is 2.12. The lowest BCUT2D eigenvalue weighted by Gasteiger charge is -2.22. The Kier molecular flexibility index (Phi) is 4.12. The molecule has 72 valence electrons. The molecule has 0 saturated heterocycles. The van der Waals surface area contributed by atoms with Crippen LogP contribution in [-0.4, -0.2) is 62.8 Å². The van der Waals surface area contributed by atoms with Gasteiger partial charge < -0.3 is 30.3 Å². The molecule has 5 unspecified atom stereocenters. The third-order valence-corrected chi connectivity index (χ3v) is 1.34. The SMILES string of the molecule is [2H]C(O)C(O)C(O)C(O)C(O)C=O. The van der Waals surface area contributed by atoms with Gasteiger partial charge in [0.15, 0.2) is 6.29 Å². The van der Waals surface area contributed by atoms with Crippen LogP contribution in [0.5, 0.6) is 0 Å². The standard InChI is InChI=1S/C6H12O6/c7-1-3(9)5(11)6(12)4(10)2-8/h1,3-6,8-12H,2H2/i2D. The summed E-state index contributed by atoms with van der Waals surface area (Å²) in [4.78, 5) is 9.93. The Labute approximate surface area is 70.1 Å². The normalized spacial score (nSPS) is 24.9. The van der Waals surface area contributed by atoms with Crippen molar-refractivity contribution in [1.82, 2.24) is 0 Å². The van der Waals surface area contributed by atoms with E-state index in [1.165, 1.54) is 0 Å². The van der Waals surface area contributed by atoms with Crippen LogP contribution in [0.15, 0.2) is 0 Å². The van der Waals surface area contributed by atoms with Crippen LogP contribution in [0.1, 0.15) is 1.37 Å². The van der Waals surface area contributed by atoms with Crippen LogP contribution in [0.2, 0.25) is 0 Å². The van der Waals surface area contributed by atoms with Gasteiger partial charge in [-0.2, -0.15) is 0 Å². The molecule has 0 aliphatic carbocycles. The van der Waals surface area contributed by atoms with Gasteiger partial charge in [0.25, 0.3) is 0 Å². The van der Waals surface area contributed by atoms with E-state index in [0.717, 1.165) is 0 Å². The van der Waals surface area contributed by atoms with Gasteiger partial charge in [0.2, 0.25) is 0 Å². The van der Waals surface area contributed by atoms with Crippen molar-refractivity contribution in [2.24, 2.45) is 0 Å². The predicted octanol–water partition coefficient (Wildman–Crippen LogP) is -3.38. The van der Waals surface area contributed by atoms with Crippen LogP contribution in [0.4, 0.5) is 0 Å². The van der Waals surface area contributed by atoms with Gasteiger partial charge in [-0.25, -0.2) is 0 Å². The summed E-state index contributed by atoms with van der Waals surface area (Å²) in [6.07, 6.45) is -7.70. The highest BCUT2D eigenvalue weighted by atomic mass is 16.4. The first kappa shape index (κ1) is 9.56. The Balaban J connectivity index is 4.23. The van der Waals surface area contributed by atoms with Crippen molar-refractivity contribution in [2.75, 3.05) is 6.58 Å². The van der Waals surface area contributed by atoms with Gasteiger partial charge in [-0.1, -0.05) is 0 Å². The van der Waals surface area contributed by atoms with Crippen LogP contribution >= 0.6 is 0 Å². The Hall–Kier alpha value is -0.530. The van der Waals surface area contributed by atoms with E-state index in [-0.39, 0.29) is 6.29 Å². The molecule has 0 heterocycles. The maximum Gasteiger partial charge on any atom is 0.151 e. The summed E-state index contributed by atoms with van der Waals surface area (Å²) >= 11 is 0. The number of carbonyl (C=O) groups excluding carboxylic acids is 1. The molecule has 0 fully saturated rings. The van der Waals surface area contributed by atoms with Crippen molar-refractivity contribution in [3.8, 4) is 0 Å². The molecular formula is C6H12O6. The molecule has 12 heavy (non-hydrogen) atoms. The van der Waals surface area contributed by atoms with Crippen LogP contribution in [0, 0.1) is 0 Å². The lowest BCUT2D eigenvalue weighted by Crippen LogP contribution is -2.46. The minimum atomic E-state index is -2.01. The minimum Gasteiger partial charge on any atom is -0.394 e. The molecule has 0 aromatic carbocycles.